The van der Waals surface area contributed by atoms with Crippen molar-refractivity contribution in [3.63, 3.8) is 0 Å². The predicted octanol–water partition coefficient (Wildman–Crippen LogP) is 15.3. The van der Waals surface area contributed by atoms with Crippen molar-refractivity contribution in [2.24, 2.45) is 0 Å². The molecule has 388 valence electrons. The minimum atomic E-state index is -3.17. The van der Waals surface area contributed by atoms with E-state index in [9.17, 15) is 0 Å². The molecule has 12 aromatic carbocycles. The summed E-state index contributed by atoms with van der Waals surface area (Å²) >= 11 is 0. The predicted molar refractivity (Wildman–Crippen MR) is 346 cm³/mol. The van der Waals surface area contributed by atoms with Gasteiger partial charge in [0.15, 0.2) is 13.9 Å². The van der Waals surface area contributed by atoms with Crippen molar-refractivity contribution in [2.45, 2.75) is 0 Å². The fourth-order valence-corrected chi connectivity index (χ4v) is 18.5. The summed E-state index contributed by atoms with van der Waals surface area (Å²) in [5, 5.41) is 14.2. The van der Waals surface area contributed by atoms with Gasteiger partial charge in [0.05, 0.1) is 55.5 Å². The quantitative estimate of drug-likeness (QED) is 0.107. The van der Waals surface area contributed by atoms with E-state index in [-0.39, 0.29) is 0 Å². The summed E-state index contributed by atoms with van der Waals surface area (Å²) in [6.07, 6.45) is 0. The van der Waals surface area contributed by atoms with Crippen LogP contribution in [0.4, 0.5) is 0 Å². The van der Waals surface area contributed by atoms with Gasteiger partial charge in [0.25, 0.3) is 0 Å². The van der Waals surface area contributed by atoms with Gasteiger partial charge in [0.1, 0.15) is 0 Å². The van der Waals surface area contributed by atoms with E-state index in [4.69, 9.17) is 15.0 Å². The van der Waals surface area contributed by atoms with E-state index >= 15 is 0 Å². The van der Waals surface area contributed by atoms with Crippen molar-refractivity contribution in [2.75, 3.05) is 0 Å². The monoisotopic (exact) mass is 1080 g/mol. The normalized spacial score (nSPS) is 12.1. The number of para-hydroxylation sites is 8. The molecule has 0 amide bonds. The van der Waals surface area contributed by atoms with Gasteiger partial charge >= 0.3 is 0 Å². The first-order valence-corrected chi connectivity index (χ1v) is 30.3. The van der Waals surface area contributed by atoms with E-state index in [2.05, 4.69) is 316 Å². The van der Waals surface area contributed by atoms with Gasteiger partial charge in [-0.2, -0.15) is 15.0 Å². The first-order chi connectivity index (χ1) is 41.2. The Labute approximate surface area is 478 Å². The van der Waals surface area contributed by atoms with Crippen LogP contribution < -0.4 is 20.7 Å². The molecule has 0 radical (unpaired) electrons. The van der Waals surface area contributed by atoms with Crippen molar-refractivity contribution in [1.29, 1.82) is 0 Å². The van der Waals surface area contributed by atoms with Crippen LogP contribution in [0.5, 0.6) is 0 Å². The third-order valence-corrected chi connectivity index (χ3v) is 22.0. The Kier molecular flexibility index (Phi) is 10.5. The van der Waals surface area contributed by atoms with Crippen molar-refractivity contribution in [3.05, 3.63) is 297 Å². The fraction of sp³-hybridized carbons (Fsp3) is 0. The Morgan fingerprint density at radius 2 is 0.554 bits per heavy atom. The van der Waals surface area contributed by atoms with Crippen molar-refractivity contribution in [3.8, 4) is 34.7 Å². The Morgan fingerprint density at radius 3 is 0.952 bits per heavy atom. The molecule has 8 heteroatoms. The third kappa shape index (κ3) is 6.94. The van der Waals surface area contributed by atoms with Gasteiger partial charge in [0.2, 0.25) is 11.9 Å². The van der Waals surface area contributed by atoms with Gasteiger partial charge in [-0.25, -0.2) is 0 Å². The zero-order valence-electron chi connectivity index (χ0n) is 44.9. The lowest BCUT2D eigenvalue weighted by Crippen LogP contribution is -2.74. The molecule has 0 aliphatic rings. The van der Waals surface area contributed by atoms with Crippen LogP contribution >= 0.6 is 0 Å². The Morgan fingerprint density at radius 1 is 0.229 bits per heavy atom. The highest BCUT2D eigenvalue weighted by Gasteiger charge is 2.42. The van der Waals surface area contributed by atoms with E-state index in [0.29, 0.717) is 17.7 Å². The van der Waals surface area contributed by atoms with E-state index in [1.54, 1.807) is 0 Å². The van der Waals surface area contributed by atoms with Gasteiger partial charge in [-0.1, -0.05) is 237 Å². The summed E-state index contributed by atoms with van der Waals surface area (Å²) in [6, 6.07) is 108. The second-order valence-electron chi connectivity index (χ2n) is 21.5. The summed E-state index contributed by atoms with van der Waals surface area (Å²) in [5.41, 5.74) is 11.3. The molecular formula is C75H49N7Si. The summed E-state index contributed by atoms with van der Waals surface area (Å²) < 4.78 is 9.41. The smallest absolute Gasteiger partial charge is 0.240 e. The average molecular weight is 1080 g/mol. The molecule has 17 rings (SSSR count). The van der Waals surface area contributed by atoms with Crippen LogP contribution in [-0.2, 0) is 0 Å². The molecule has 17 aromatic rings. The second kappa shape index (κ2) is 18.6. The lowest BCUT2D eigenvalue weighted by molar-refractivity contribution is 0.892. The molecular weight excluding hydrogens is 1030 g/mol. The van der Waals surface area contributed by atoms with Crippen molar-refractivity contribution < 1.29 is 0 Å². The molecule has 0 fully saturated rings. The van der Waals surface area contributed by atoms with Crippen LogP contribution in [0.3, 0.4) is 0 Å². The maximum atomic E-state index is 5.87. The van der Waals surface area contributed by atoms with E-state index in [1.807, 2.05) is 0 Å². The SMILES string of the molecule is c1ccc([Si](c2ccccc2)(c2ccccc2)c2ccc(-n3c4ccccc4c4cccc(-n5c6ccccc6c6ccccc65)c43)c(-c3nc(-n4c5ccccc5c5ccccc54)nc(-n4c5ccccc5c5ccccc54)n3)c2)cc1. The van der Waals surface area contributed by atoms with Crippen LogP contribution in [0.1, 0.15) is 0 Å². The summed E-state index contributed by atoms with van der Waals surface area (Å²) in [6.45, 7) is 0. The maximum Gasteiger partial charge on any atom is 0.240 e. The van der Waals surface area contributed by atoms with E-state index < -0.39 is 8.07 Å². The van der Waals surface area contributed by atoms with Gasteiger partial charge in [-0.15, -0.1) is 0 Å². The highest BCUT2D eigenvalue weighted by molar-refractivity contribution is 7.20. The summed E-state index contributed by atoms with van der Waals surface area (Å²) in [4.78, 5) is 17.4. The Hall–Kier alpha value is -10.9. The standard InChI is InChI=1S/C75H49N7Si/c1-4-25-50(26-5-1)83(51-27-6-2-7-28-51,52-29-8-3-9-30-52)53-47-48-70(80-65-41-19-16-37-60(65)61-38-24-46-71(72(61)80)79-63-39-17-10-31-54(63)55-32-11-18-40-64(55)79)62(49-53)73-76-74(81-66-42-20-12-33-56(66)57-34-13-21-43-67(57)81)78-75(77-73)82-68-44-22-14-35-58(68)59-36-15-23-45-69(59)82/h1-49H. The Balaban J connectivity index is 1.06. The molecule has 0 atom stereocenters. The number of benzene rings is 12. The third-order valence-electron chi connectivity index (χ3n) is 17.2. The van der Waals surface area contributed by atoms with E-state index in [0.717, 1.165) is 93.4 Å². The van der Waals surface area contributed by atoms with Crippen LogP contribution in [0.2, 0.25) is 0 Å². The Bertz CT molecular complexity index is 5020. The van der Waals surface area contributed by atoms with Crippen LogP contribution in [0.25, 0.3) is 122 Å². The molecule has 0 N–H and O–H groups in total. The molecule has 0 saturated heterocycles. The number of nitrogens with zero attached hydrogens (tertiary/aromatic N) is 7. The first kappa shape index (κ1) is 46.9. The minimum absolute atomic E-state index is 0.520. The minimum Gasteiger partial charge on any atom is -0.307 e. The molecule has 7 nitrogen and oxygen atoms in total. The van der Waals surface area contributed by atoms with Crippen LogP contribution in [0, 0.1) is 0 Å². The molecule has 0 aliphatic carbocycles. The zero-order chi connectivity index (χ0) is 54.6. The summed E-state index contributed by atoms with van der Waals surface area (Å²) in [5.74, 6) is 1.58. The zero-order valence-corrected chi connectivity index (χ0v) is 45.9. The molecule has 0 aliphatic heterocycles. The van der Waals surface area contributed by atoms with E-state index in [1.165, 1.54) is 31.5 Å². The lowest BCUT2D eigenvalue weighted by Gasteiger charge is -2.35. The van der Waals surface area contributed by atoms with Gasteiger partial charge in [-0.3, -0.25) is 9.13 Å². The first-order valence-electron chi connectivity index (χ1n) is 28.3. The number of aromatic nitrogens is 7. The van der Waals surface area contributed by atoms with Crippen LogP contribution in [0.15, 0.2) is 297 Å². The molecule has 0 unspecified atom stereocenters. The average Bonchev–Trinajstić information content (AvgIpc) is 2.66. The molecule has 0 bridgehead atoms. The number of fused-ring (bicyclic) bond motifs is 12. The van der Waals surface area contributed by atoms with Gasteiger partial charge < -0.3 is 9.13 Å². The van der Waals surface area contributed by atoms with Gasteiger partial charge in [-0.05, 0) is 81.4 Å². The molecule has 0 saturated carbocycles. The second-order valence-corrected chi connectivity index (χ2v) is 25.3. The number of hydrogen-bond donors (Lipinski definition) is 0. The van der Waals surface area contributed by atoms with Gasteiger partial charge in [0, 0.05) is 48.7 Å². The molecule has 0 spiro atoms. The summed E-state index contributed by atoms with van der Waals surface area (Å²) in [7, 11) is -3.17. The highest BCUT2D eigenvalue weighted by atomic mass is 28.3. The van der Waals surface area contributed by atoms with Crippen LogP contribution in [-0.4, -0.2) is 41.3 Å². The number of rotatable bonds is 9. The topological polar surface area (TPSA) is 58.4 Å². The largest absolute Gasteiger partial charge is 0.307 e. The fourth-order valence-electron chi connectivity index (χ4n) is 13.8. The number of hydrogen-bond acceptors (Lipinski definition) is 3. The highest BCUT2D eigenvalue weighted by Crippen LogP contribution is 2.42. The van der Waals surface area contributed by atoms with Crippen molar-refractivity contribution >= 4 is 116 Å². The lowest BCUT2D eigenvalue weighted by atomic mass is 10.1. The maximum absolute atomic E-state index is 5.87. The molecule has 83 heavy (non-hydrogen) atoms. The van der Waals surface area contributed by atoms with Crippen molar-refractivity contribution in [1.82, 2.24) is 33.2 Å². The molecule has 5 heterocycles. The molecule has 5 aromatic heterocycles.